The third-order valence-electron chi connectivity index (χ3n) is 5.18. The van der Waals surface area contributed by atoms with Gasteiger partial charge in [-0.3, -0.25) is 0 Å². The number of benzene rings is 2. The maximum atomic E-state index is 5.53. The van der Waals surface area contributed by atoms with E-state index in [2.05, 4.69) is 22.4 Å². The average Bonchev–Trinajstić information content (AvgIpc) is 3.10. The highest BCUT2D eigenvalue weighted by Crippen LogP contribution is 2.42. The van der Waals surface area contributed by atoms with E-state index in [4.69, 9.17) is 18.9 Å². The quantitative estimate of drug-likeness (QED) is 0.722. The molecule has 142 valence electrons. The van der Waals surface area contributed by atoms with Gasteiger partial charge in [0.1, 0.15) is 5.75 Å². The minimum absolute atomic E-state index is 0.0147. The van der Waals surface area contributed by atoms with Gasteiger partial charge in [0.25, 0.3) is 0 Å². The van der Waals surface area contributed by atoms with Gasteiger partial charge in [-0.15, -0.1) is 0 Å². The van der Waals surface area contributed by atoms with Crippen molar-refractivity contribution in [3.8, 4) is 23.0 Å². The van der Waals surface area contributed by atoms with E-state index >= 15 is 0 Å². The number of fused-ring (bicyclic) bond motifs is 3. The van der Waals surface area contributed by atoms with Gasteiger partial charge in [0.15, 0.2) is 11.5 Å². The van der Waals surface area contributed by atoms with E-state index in [0.717, 1.165) is 29.8 Å². The van der Waals surface area contributed by atoms with Gasteiger partial charge < -0.3 is 29.2 Å². The molecule has 0 aliphatic carbocycles. The first-order valence-electron chi connectivity index (χ1n) is 8.92. The summed E-state index contributed by atoms with van der Waals surface area (Å²) in [6.07, 6.45) is 0.962. The van der Waals surface area contributed by atoms with E-state index in [-0.39, 0.29) is 6.04 Å². The van der Waals surface area contributed by atoms with Crippen LogP contribution in [0.5, 0.6) is 23.0 Å². The predicted molar refractivity (Wildman–Crippen MR) is 104 cm³/mol. The van der Waals surface area contributed by atoms with Gasteiger partial charge >= 0.3 is 0 Å². The Hall–Kier alpha value is -2.86. The van der Waals surface area contributed by atoms with Gasteiger partial charge in [-0.25, -0.2) is 0 Å². The third kappa shape index (κ3) is 2.86. The molecular formula is C21H24N2O4. The van der Waals surface area contributed by atoms with Gasteiger partial charge in [0.2, 0.25) is 5.75 Å². The largest absolute Gasteiger partial charge is 0.497 e. The second-order valence-corrected chi connectivity index (χ2v) is 6.52. The van der Waals surface area contributed by atoms with Crippen LogP contribution in [0.15, 0.2) is 30.3 Å². The molecule has 27 heavy (non-hydrogen) atoms. The number of aromatic amines is 1. The van der Waals surface area contributed by atoms with Crippen LogP contribution >= 0.6 is 0 Å². The second-order valence-electron chi connectivity index (χ2n) is 6.52. The van der Waals surface area contributed by atoms with E-state index in [0.29, 0.717) is 17.2 Å². The minimum Gasteiger partial charge on any atom is -0.497 e. The van der Waals surface area contributed by atoms with Crippen molar-refractivity contribution in [3.05, 3.63) is 47.2 Å². The molecule has 0 spiro atoms. The molecule has 0 amide bonds. The molecule has 1 aliphatic rings. The molecule has 0 saturated carbocycles. The first-order chi connectivity index (χ1) is 13.2. The predicted octanol–water partition coefficient (Wildman–Crippen LogP) is 3.44. The Bertz CT molecular complexity index is 955. The van der Waals surface area contributed by atoms with Crippen LogP contribution < -0.4 is 24.3 Å². The Labute approximate surface area is 158 Å². The van der Waals surface area contributed by atoms with E-state index in [1.54, 1.807) is 28.4 Å². The maximum absolute atomic E-state index is 5.53. The molecule has 6 heteroatoms. The van der Waals surface area contributed by atoms with Crippen molar-refractivity contribution in [2.24, 2.45) is 0 Å². The van der Waals surface area contributed by atoms with E-state index in [9.17, 15) is 0 Å². The normalized spacial score (nSPS) is 16.1. The van der Waals surface area contributed by atoms with Crippen LogP contribution in [0, 0.1) is 0 Å². The highest BCUT2D eigenvalue weighted by Gasteiger charge is 2.27. The van der Waals surface area contributed by atoms with E-state index in [1.165, 1.54) is 16.6 Å². The van der Waals surface area contributed by atoms with E-state index < -0.39 is 0 Å². The lowest BCUT2D eigenvalue weighted by Gasteiger charge is -2.26. The van der Waals surface area contributed by atoms with Crippen molar-refractivity contribution < 1.29 is 18.9 Å². The van der Waals surface area contributed by atoms with Crippen molar-refractivity contribution >= 4 is 10.9 Å². The molecule has 0 fully saturated rings. The van der Waals surface area contributed by atoms with Crippen molar-refractivity contribution in [1.29, 1.82) is 0 Å². The molecule has 0 unspecified atom stereocenters. The fourth-order valence-electron chi connectivity index (χ4n) is 3.89. The SMILES string of the molecule is COc1ccc2[nH]c3c(c2c1)CCN[C@H]3c1cc(OC)c(OC)c(OC)c1. The van der Waals surface area contributed by atoms with Crippen molar-refractivity contribution in [2.75, 3.05) is 35.0 Å². The molecule has 0 radical (unpaired) electrons. The Morgan fingerprint density at radius 3 is 2.26 bits per heavy atom. The van der Waals surface area contributed by atoms with Crippen LogP contribution in [0.4, 0.5) is 0 Å². The zero-order valence-corrected chi connectivity index (χ0v) is 16.0. The summed E-state index contributed by atoms with van der Waals surface area (Å²) in [7, 11) is 6.58. The first kappa shape index (κ1) is 17.5. The van der Waals surface area contributed by atoms with Crippen LogP contribution in [0.3, 0.4) is 0 Å². The molecule has 2 aromatic carbocycles. The van der Waals surface area contributed by atoms with Crippen LogP contribution in [0.25, 0.3) is 10.9 Å². The number of hydrogen-bond donors (Lipinski definition) is 2. The topological polar surface area (TPSA) is 64.7 Å². The summed E-state index contributed by atoms with van der Waals surface area (Å²) in [6, 6.07) is 10.2. The highest BCUT2D eigenvalue weighted by atomic mass is 16.5. The monoisotopic (exact) mass is 368 g/mol. The zero-order valence-electron chi connectivity index (χ0n) is 16.0. The lowest BCUT2D eigenvalue weighted by molar-refractivity contribution is 0.323. The number of H-pyrrole nitrogens is 1. The van der Waals surface area contributed by atoms with E-state index in [1.807, 2.05) is 18.2 Å². The lowest BCUT2D eigenvalue weighted by atomic mass is 9.94. The average molecular weight is 368 g/mol. The molecule has 4 rings (SSSR count). The molecular weight excluding hydrogens is 344 g/mol. The maximum Gasteiger partial charge on any atom is 0.203 e. The van der Waals surface area contributed by atoms with Crippen LogP contribution in [-0.2, 0) is 6.42 Å². The molecule has 6 nitrogen and oxygen atoms in total. The summed E-state index contributed by atoms with van der Waals surface area (Å²) >= 11 is 0. The zero-order chi connectivity index (χ0) is 19.0. The number of methoxy groups -OCH3 is 4. The number of rotatable bonds is 5. The van der Waals surface area contributed by atoms with Crippen molar-refractivity contribution in [3.63, 3.8) is 0 Å². The number of hydrogen-bond acceptors (Lipinski definition) is 5. The van der Waals surface area contributed by atoms with Gasteiger partial charge in [-0.05, 0) is 47.9 Å². The van der Waals surface area contributed by atoms with Gasteiger partial charge in [-0.2, -0.15) is 0 Å². The fourth-order valence-corrected chi connectivity index (χ4v) is 3.89. The molecule has 0 saturated heterocycles. The van der Waals surface area contributed by atoms with Gasteiger partial charge in [0.05, 0.1) is 34.5 Å². The summed E-state index contributed by atoms with van der Waals surface area (Å²) in [5.74, 6) is 2.77. The fraction of sp³-hybridized carbons (Fsp3) is 0.333. The lowest BCUT2D eigenvalue weighted by Crippen LogP contribution is -2.30. The Morgan fingerprint density at radius 2 is 1.63 bits per heavy atom. The smallest absolute Gasteiger partial charge is 0.203 e. The summed E-state index contributed by atoms with van der Waals surface area (Å²) in [5, 5.41) is 4.82. The summed E-state index contributed by atoms with van der Waals surface area (Å²) in [4.78, 5) is 3.59. The van der Waals surface area contributed by atoms with Crippen LogP contribution in [0.2, 0.25) is 0 Å². The number of ether oxygens (including phenoxy) is 4. The standard InChI is InChI=1S/C21H24N2O4/c1-24-13-5-6-16-15(11-13)14-7-8-22-19(20(14)23-16)12-9-17(25-2)21(27-4)18(10-12)26-3/h5-6,9-11,19,22-23H,7-8H2,1-4H3/t19-/m0/s1. The number of nitrogens with one attached hydrogen (secondary N) is 2. The van der Waals surface area contributed by atoms with Crippen molar-refractivity contribution in [1.82, 2.24) is 10.3 Å². The summed E-state index contributed by atoms with van der Waals surface area (Å²) in [5.41, 5.74) is 4.66. The highest BCUT2D eigenvalue weighted by molar-refractivity contribution is 5.86. The van der Waals surface area contributed by atoms with Gasteiger partial charge in [0, 0.05) is 23.1 Å². The van der Waals surface area contributed by atoms with Crippen LogP contribution in [-0.4, -0.2) is 40.0 Å². The van der Waals surface area contributed by atoms with Gasteiger partial charge in [-0.1, -0.05) is 0 Å². The third-order valence-corrected chi connectivity index (χ3v) is 5.18. The molecule has 3 aromatic rings. The molecule has 0 bridgehead atoms. The Kier molecular flexibility index (Phi) is 4.58. The molecule has 2 heterocycles. The molecule has 1 aromatic heterocycles. The van der Waals surface area contributed by atoms with Crippen LogP contribution in [0.1, 0.15) is 22.9 Å². The molecule has 1 aliphatic heterocycles. The second kappa shape index (κ2) is 7.04. The molecule has 2 N–H and O–H groups in total. The minimum atomic E-state index is 0.0147. The van der Waals surface area contributed by atoms with Crippen molar-refractivity contribution in [2.45, 2.75) is 12.5 Å². The molecule has 1 atom stereocenters. The summed E-state index contributed by atoms with van der Waals surface area (Å²) in [6.45, 7) is 0.887. The Morgan fingerprint density at radius 1 is 0.889 bits per heavy atom. The number of aromatic nitrogens is 1. The first-order valence-corrected chi connectivity index (χ1v) is 8.92. The summed E-state index contributed by atoms with van der Waals surface area (Å²) < 4.78 is 21.9. The Balaban J connectivity index is 1.85.